The first-order valence-electron chi connectivity index (χ1n) is 5.96. The second-order valence-electron chi connectivity index (χ2n) is 4.44. The first kappa shape index (κ1) is 12.6. The fraction of sp³-hybridized carbons (Fsp3) is 0.357. The minimum absolute atomic E-state index is 0.473. The molecule has 0 amide bonds. The van der Waals surface area contributed by atoms with Gasteiger partial charge in [0.1, 0.15) is 12.4 Å². The molecule has 2 aromatic rings. The van der Waals surface area contributed by atoms with Crippen molar-refractivity contribution in [2.24, 2.45) is 7.05 Å². The summed E-state index contributed by atoms with van der Waals surface area (Å²) in [6.07, 6.45) is -0.479. The molecule has 0 bridgehead atoms. The number of hydrogen-bond acceptors (Lipinski definition) is 3. The average Bonchev–Trinajstić information content (AvgIpc) is 2.65. The lowest BCUT2D eigenvalue weighted by molar-refractivity contribution is 0.198. The van der Waals surface area contributed by atoms with E-state index in [1.807, 2.05) is 49.0 Å². The van der Waals surface area contributed by atoms with Gasteiger partial charge in [0.25, 0.3) is 0 Å². The molecule has 18 heavy (non-hydrogen) atoms. The molecule has 4 nitrogen and oxygen atoms in total. The number of aliphatic hydroxyl groups excluding tert-OH is 1. The molecule has 0 unspecified atom stereocenters. The highest BCUT2D eigenvalue weighted by Gasteiger charge is 2.05. The van der Waals surface area contributed by atoms with Crippen LogP contribution in [-0.2, 0) is 13.7 Å². The first-order chi connectivity index (χ1) is 8.56. The molecule has 0 fully saturated rings. The van der Waals surface area contributed by atoms with Gasteiger partial charge in [-0.25, -0.2) is 0 Å². The van der Waals surface area contributed by atoms with Crippen LogP contribution >= 0.6 is 0 Å². The van der Waals surface area contributed by atoms with E-state index >= 15 is 0 Å². The van der Waals surface area contributed by atoms with Crippen molar-refractivity contribution in [2.75, 3.05) is 0 Å². The summed E-state index contributed by atoms with van der Waals surface area (Å²) in [7, 11) is 1.90. The van der Waals surface area contributed by atoms with Crippen LogP contribution in [0.2, 0.25) is 0 Å². The van der Waals surface area contributed by atoms with Crippen LogP contribution in [-0.4, -0.2) is 14.9 Å². The summed E-state index contributed by atoms with van der Waals surface area (Å²) in [5.74, 6) is 0.757. The van der Waals surface area contributed by atoms with Crippen LogP contribution in [0.3, 0.4) is 0 Å². The van der Waals surface area contributed by atoms with Crippen molar-refractivity contribution in [1.29, 1.82) is 0 Å². The van der Waals surface area contributed by atoms with Crippen molar-refractivity contribution < 1.29 is 9.84 Å². The number of rotatable bonds is 4. The molecule has 1 heterocycles. The van der Waals surface area contributed by atoms with Crippen LogP contribution in [0.25, 0.3) is 0 Å². The highest BCUT2D eigenvalue weighted by Crippen LogP contribution is 2.19. The second-order valence-corrected chi connectivity index (χ2v) is 4.44. The van der Waals surface area contributed by atoms with E-state index in [1.54, 1.807) is 6.92 Å². The Morgan fingerprint density at radius 3 is 2.78 bits per heavy atom. The molecule has 1 N–H and O–H groups in total. The molecule has 1 aromatic carbocycles. The van der Waals surface area contributed by atoms with Crippen molar-refractivity contribution in [3.05, 3.63) is 47.3 Å². The maximum absolute atomic E-state index is 9.51. The van der Waals surface area contributed by atoms with E-state index in [9.17, 15) is 5.11 Å². The largest absolute Gasteiger partial charge is 0.487 e. The lowest BCUT2D eigenvalue weighted by atomic mass is 10.1. The fourth-order valence-corrected chi connectivity index (χ4v) is 1.82. The van der Waals surface area contributed by atoms with E-state index in [0.29, 0.717) is 6.61 Å². The van der Waals surface area contributed by atoms with E-state index in [1.165, 1.54) is 0 Å². The lowest BCUT2D eigenvalue weighted by Gasteiger charge is -2.09. The summed E-state index contributed by atoms with van der Waals surface area (Å²) < 4.78 is 7.52. The Balaban J connectivity index is 2.06. The zero-order valence-corrected chi connectivity index (χ0v) is 10.9. The first-order valence-corrected chi connectivity index (χ1v) is 5.96. The molecule has 0 saturated carbocycles. The summed E-state index contributed by atoms with van der Waals surface area (Å²) in [6, 6.07) is 9.50. The second kappa shape index (κ2) is 5.23. The van der Waals surface area contributed by atoms with E-state index in [4.69, 9.17) is 4.74 Å². The highest BCUT2D eigenvalue weighted by molar-refractivity contribution is 5.29. The summed E-state index contributed by atoms with van der Waals surface area (Å²) in [5, 5.41) is 13.8. The molecular formula is C14H18N2O2. The quantitative estimate of drug-likeness (QED) is 0.900. The zero-order chi connectivity index (χ0) is 13.1. The van der Waals surface area contributed by atoms with Gasteiger partial charge >= 0.3 is 0 Å². The predicted molar refractivity (Wildman–Crippen MR) is 69.4 cm³/mol. The summed E-state index contributed by atoms with van der Waals surface area (Å²) in [5.41, 5.74) is 2.86. The highest BCUT2D eigenvalue weighted by atomic mass is 16.5. The zero-order valence-electron chi connectivity index (χ0n) is 10.9. The van der Waals surface area contributed by atoms with Gasteiger partial charge in [-0.1, -0.05) is 12.1 Å². The van der Waals surface area contributed by atoms with E-state index in [2.05, 4.69) is 5.10 Å². The van der Waals surface area contributed by atoms with Crippen molar-refractivity contribution in [2.45, 2.75) is 26.6 Å². The van der Waals surface area contributed by atoms with Crippen LogP contribution in [0.15, 0.2) is 30.3 Å². The Bertz CT molecular complexity index is 532. The van der Waals surface area contributed by atoms with Gasteiger partial charge in [-0.05, 0) is 37.6 Å². The Morgan fingerprint density at radius 2 is 2.17 bits per heavy atom. The van der Waals surface area contributed by atoms with Crippen LogP contribution < -0.4 is 4.74 Å². The number of ether oxygens (including phenoxy) is 1. The Hall–Kier alpha value is -1.81. The molecule has 0 aliphatic rings. The number of aliphatic hydroxyl groups is 1. The summed E-state index contributed by atoms with van der Waals surface area (Å²) >= 11 is 0. The number of aromatic nitrogens is 2. The van der Waals surface area contributed by atoms with Crippen molar-refractivity contribution >= 4 is 0 Å². The number of aryl methyl sites for hydroxylation is 2. The SMILES string of the molecule is Cc1cc(COc2cccc([C@@H](C)O)c2)n(C)n1. The van der Waals surface area contributed by atoms with Crippen molar-refractivity contribution in [1.82, 2.24) is 9.78 Å². The molecule has 96 valence electrons. The van der Waals surface area contributed by atoms with Crippen molar-refractivity contribution in [3.63, 3.8) is 0 Å². The van der Waals surface area contributed by atoms with Crippen LogP contribution in [0, 0.1) is 6.92 Å². The van der Waals surface area contributed by atoms with Crippen molar-refractivity contribution in [3.8, 4) is 5.75 Å². The smallest absolute Gasteiger partial charge is 0.130 e. The molecule has 0 spiro atoms. The lowest BCUT2D eigenvalue weighted by Crippen LogP contribution is -2.03. The standard InChI is InChI=1S/C14H18N2O2/c1-10-7-13(16(3)15-10)9-18-14-6-4-5-12(8-14)11(2)17/h4-8,11,17H,9H2,1-3H3/t11-/m1/s1. The van der Waals surface area contributed by atoms with Gasteiger partial charge < -0.3 is 9.84 Å². The molecule has 1 atom stereocenters. The third-order valence-corrected chi connectivity index (χ3v) is 2.83. The maximum Gasteiger partial charge on any atom is 0.130 e. The minimum Gasteiger partial charge on any atom is -0.487 e. The topological polar surface area (TPSA) is 47.3 Å². The van der Waals surface area contributed by atoms with Gasteiger partial charge in [-0.3, -0.25) is 4.68 Å². The fourth-order valence-electron chi connectivity index (χ4n) is 1.82. The Labute approximate surface area is 107 Å². The molecule has 0 aliphatic carbocycles. The maximum atomic E-state index is 9.51. The van der Waals surface area contributed by atoms with E-state index in [-0.39, 0.29) is 0 Å². The predicted octanol–water partition coefficient (Wildman–Crippen LogP) is 2.36. The summed E-state index contributed by atoms with van der Waals surface area (Å²) in [4.78, 5) is 0. The third kappa shape index (κ3) is 2.90. The molecular weight excluding hydrogens is 228 g/mol. The van der Waals surface area contributed by atoms with E-state index in [0.717, 1.165) is 22.7 Å². The Kier molecular flexibility index (Phi) is 3.67. The van der Waals surface area contributed by atoms with Gasteiger partial charge in [-0.15, -0.1) is 0 Å². The monoisotopic (exact) mass is 246 g/mol. The molecule has 0 aliphatic heterocycles. The van der Waals surface area contributed by atoms with Crippen LogP contribution in [0.4, 0.5) is 0 Å². The Morgan fingerprint density at radius 1 is 1.39 bits per heavy atom. The van der Waals surface area contributed by atoms with Gasteiger partial charge in [0.15, 0.2) is 0 Å². The molecule has 1 aromatic heterocycles. The molecule has 2 rings (SSSR count). The van der Waals surface area contributed by atoms with Gasteiger partial charge in [0, 0.05) is 7.05 Å². The van der Waals surface area contributed by atoms with Crippen LogP contribution in [0.5, 0.6) is 5.75 Å². The normalized spacial score (nSPS) is 12.4. The average molecular weight is 246 g/mol. The van der Waals surface area contributed by atoms with Gasteiger partial charge in [0.2, 0.25) is 0 Å². The van der Waals surface area contributed by atoms with Gasteiger partial charge in [0.05, 0.1) is 17.5 Å². The van der Waals surface area contributed by atoms with Gasteiger partial charge in [-0.2, -0.15) is 5.10 Å². The molecule has 0 saturated heterocycles. The van der Waals surface area contributed by atoms with Crippen LogP contribution in [0.1, 0.15) is 30.0 Å². The number of hydrogen-bond donors (Lipinski definition) is 1. The molecule has 4 heteroatoms. The number of benzene rings is 1. The summed E-state index contributed by atoms with van der Waals surface area (Å²) in [6.45, 7) is 4.17. The number of nitrogens with zero attached hydrogens (tertiary/aromatic N) is 2. The van der Waals surface area contributed by atoms with E-state index < -0.39 is 6.10 Å². The minimum atomic E-state index is -0.479. The third-order valence-electron chi connectivity index (χ3n) is 2.83. The molecule has 0 radical (unpaired) electrons.